The smallest absolute Gasteiger partial charge is 0.257 e. The van der Waals surface area contributed by atoms with E-state index in [1.807, 2.05) is 36.4 Å². The molecule has 4 rings (SSSR count). The minimum absolute atomic E-state index is 0.230. The Morgan fingerprint density at radius 2 is 1.87 bits per heavy atom. The van der Waals surface area contributed by atoms with E-state index in [0.717, 1.165) is 23.1 Å². The van der Waals surface area contributed by atoms with Crippen molar-refractivity contribution in [1.82, 2.24) is 19.9 Å². The van der Waals surface area contributed by atoms with E-state index < -0.39 is 10.0 Å². The zero-order valence-electron chi connectivity index (χ0n) is 16.1. The van der Waals surface area contributed by atoms with Gasteiger partial charge in [-0.25, -0.2) is 17.9 Å². The van der Waals surface area contributed by atoms with Gasteiger partial charge in [0, 0.05) is 24.0 Å². The van der Waals surface area contributed by atoms with Gasteiger partial charge in [0.15, 0.2) is 5.65 Å². The number of aromatic nitrogens is 3. The van der Waals surface area contributed by atoms with Crippen molar-refractivity contribution in [1.29, 1.82) is 0 Å². The van der Waals surface area contributed by atoms with Crippen LogP contribution in [0.5, 0.6) is 0 Å². The number of carbonyl (C=O) groups is 1. The molecule has 0 fully saturated rings. The van der Waals surface area contributed by atoms with Crippen LogP contribution in [0.25, 0.3) is 16.9 Å². The van der Waals surface area contributed by atoms with Crippen molar-refractivity contribution in [2.24, 2.45) is 0 Å². The van der Waals surface area contributed by atoms with E-state index in [1.165, 1.54) is 6.20 Å². The van der Waals surface area contributed by atoms with Gasteiger partial charge >= 0.3 is 0 Å². The molecule has 0 aliphatic heterocycles. The molecule has 152 valence electrons. The van der Waals surface area contributed by atoms with Crippen molar-refractivity contribution in [2.45, 2.75) is 6.54 Å². The molecular formula is C21H19N5O3S. The van der Waals surface area contributed by atoms with Gasteiger partial charge in [-0.3, -0.25) is 9.52 Å². The minimum Gasteiger partial charge on any atom is -0.348 e. The fraction of sp³-hybridized carbons (Fsp3) is 0.0952. The van der Waals surface area contributed by atoms with Crippen molar-refractivity contribution >= 4 is 27.3 Å². The van der Waals surface area contributed by atoms with Crippen LogP contribution in [0.4, 0.5) is 5.69 Å². The van der Waals surface area contributed by atoms with Gasteiger partial charge in [0.25, 0.3) is 5.91 Å². The normalized spacial score (nSPS) is 11.4. The molecule has 0 aliphatic carbocycles. The van der Waals surface area contributed by atoms with Crippen LogP contribution in [0.1, 0.15) is 15.9 Å². The number of nitrogens with zero attached hydrogens (tertiary/aromatic N) is 3. The third kappa shape index (κ3) is 4.31. The van der Waals surface area contributed by atoms with Gasteiger partial charge < -0.3 is 5.32 Å². The Kier molecular flexibility index (Phi) is 5.20. The predicted octanol–water partition coefficient (Wildman–Crippen LogP) is 2.70. The van der Waals surface area contributed by atoms with E-state index in [9.17, 15) is 13.2 Å². The summed E-state index contributed by atoms with van der Waals surface area (Å²) in [5.41, 5.74) is 3.81. The molecule has 2 aromatic carbocycles. The number of carbonyl (C=O) groups excluding carboxylic acids is 1. The number of anilines is 1. The second-order valence-electron chi connectivity index (χ2n) is 6.75. The number of fused-ring (bicyclic) bond motifs is 1. The second kappa shape index (κ2) is 7.96. The second-order valence-corrected chi connectivity index (χ2v) is 8.50. The molecule has 0 atom stereocenters. The van der Waals surface area contributed by atoms with Gasteiger partial charge in [-0.1, -0.05) is 42.5 Å². The van der Waals surface area contributed by atoms with Crippen LogP contribution in [0.2, 0.25) is 0 Å². The van der Waals surface area contributed by atoms with Gasteiger partial charge in [-0.15, -0.1) is 0 Å². The van der Waals surface area contributed by atoms with Crippen molar-refractivity contribution in [2.75, 3.05) is 11.0 Å². The largest absolute Gasteiger partial charge is 0.348 e. The van der Waals surface area contributed by atoms with Gasteiger partial charge in [-0.05, 0) is 23.8 Å². The number of nitrogens with one attached hydrogen (secondary N) is 2. The van der Waals surface area contributed by atoms with Gasteiger partial charge in [0.1, 0.15) is 5.56 Å². The van der Waals surface area contributed by atoms with Gasteiger partial charge in [0.2, 0.25) is 10.0 Å². The zero-order valence-corrected chi connectivity index (χ0v) is 16.9. The summed E-state index contributed by atoms with van der Waals surface area (Å²) in [6.45, 7) is 0.230. The summed E-state index contributed by atoms with van der Waals surface area (Å²) in [4.78, 5) is 17.1. The molecule has 2 heterocycles. The maximum absolute atomic E-state index is 12.7. The zero-order chi connectivity index (χ0) is 21.1. The molecule has 0 spiro atoms. The van der Waals surface area contributed by atoms with Crippen LogP contribution < -0.4 is 10.0 Å². The molecule has 2 N–H and O–H groups in total. The Hall–Kier alpha value is -3.72. The molecule has 1 amide bonds. The highest BCUT2D eigenvalue weighted by Crippen LogP contribution is 2.20. The summed E-state index contributed by atoms with van der Waals surface area (Å²) in [6.07, 6.45) is 4.23. The molecule has 4 aromatic rings. The van der Waals surface area contributed by atoms with Gasteiger partial charge in [0.05, 0.1) is 18.1 Å². The Labute approximate surface area is 173 Å². The Morgan fingerprint density at radius 3 is 2.63 bits per heavy atom. The molecule has 2 aromatic heterocycles. The molecule has 0 saturated carbocycles. The van der Waals surface area contributed by atoms with Crippen molar-refractivity contribution in [3.05, 3.63) is 84.2 Å². The summed E-state index contributed by atoms with van der Waals surface area (Å²) in [6, 6.07) is 18.4. The average Bonchev–Trinajstić information content (AvgIpc) is 3.16. The van der Waals surface area contributed by atoms with Crippen LogP contribution in [-0.4, -0.2) is 35.2 Å². The maximum atomic E-state index is 12.7. The molecule has 30 heavy (non-hydrogen) atoms. The first-order chi connectivity index (χ1) is 14.4. The fourth-order valence-corrected chi connectivity index (χ4v) is 3.67. The summed E-state index contributed by atoms with van der Waals surface area (Å²) in [7, 11) is -3.37. The molecular weight excluding hydrogens is 402 g/mol. The SMILES string of the molecule is CS(=O)(=O)Nc1cccc(CNC(=O)c2cnn3c(-c4ccccc4)ccnc23)c1. The summed E-state index contributed by atoms with van der Waals surface area (Å²) in [5.74, 6) is -0.316. The van der Waals surface area contributed by atoms with Gasteiger partial charge in [-0.2, -0.15) is 5.10 Å². The third-order valence-corrected chi connectivity index (χ3v) is 5.01. The summed E-state index contributed by atoms with van der Waals surface area (Å²) < 4.78 is 26.8. The van der Waals surface area contributed by atoms with E-state index >= 15 is 0 Å². The standard InChI is InChI=1S/C21H19N5O3S/c1-30(28,29)25-17-9-5-6-15(12-17)13-23-21(27)18-14-24-26-19(10-11-22-20(18)26)16-7-3-2-4-8-16/h2-12,14,25H,13H2,1H3,(H,23,27). The van der Waals surface area contributed by atoms with Crippen molar-refractivity contribution in [3.8, 4) is 11.3 Å². The molecule has 8 nitrogen and oxygen atoms in total. The number of amides is 1. The predicted molar refractivity (Wildman–Crippen MR) is 115 cm³/mol. The van der Waals surface area contributed by atoms with E-state index in [-0.39, 0.29) is 12.5 Å². The summed E-state index contributed by atoms with van der Waals surface area (Å²) >= 11 is 0. The first kappa shape index (κ1) is 19.6. The van der Waals surface area contributed by atoms with Crippen LogP contribution in [0.3, 0.4) is 0 Å². The lowest BCUT2D eigenvalue weighted by Crippen LogP contribution is -2.23. The van der Waals surface area contributed by atoms with E-state index in [0.29, 0.717) is 16.9 Å². The highest BCUT2D eigenvalue weighted by atomic mass is 32.2. The minimum atomic E-state index is -3.37. The van der Waals surface area contributed by atoms with Crippen molar-refractivity contribution in [3.63, 3.8) is 0 Å². The lowest BCUT2D eigenvalue weighted by atomic mass is 10.1. The Bertz CT molecular complexity index is 1320. The number of hydrogen-bond donors (Lipinski definition) is 2. The number of benzene rings is 2. The molecule has 0 radical (unpaired) electrons. The lowest BCUT2D eigenvalue weighted by molar-refractivity contribution is 0.0952. The molecule has 0 aliphatic rings. The Balaban J connectivity index is 1.54. The van der Waals surface area contributed by atoms with Crippen LogP contribution in [-0.2, 0) is 16.6 Å². The first-order valence-electron chi connectivity index (χ1n) is 9.14. The monoisotopic (exact) mass is 421 g/mol. The average molecular weight is 421 g/mol. The number of rotatable bonds is 6. The first-order valence-corrected chi connectivity index (χ1v) is 11.0. The quantitative estimate of drug-likeness (QED) is 0.498. The van der Waals surface area contributed by atoms with Crippen LogP contribution in [0, 0.1) is 0 Å². The number of sulfonamides is 1. The lowest BCUT2D eigenvalue weighted by Gasteiger charge is -2.08. The van der Waals surface area contributed by atoms with Crippen molar-refractivity contribution < 1.29 is 13.2 Å². The maximum Gasteiger partial charge on any atom is 0.257 e. The van der Waals surface area contributed by atoms with E-state index in [1.54, 1.807) is 35.0 Å². The van der Waals surface area contributed by atoms with E-state index in [2.05, 4.69) is 20.1 Å². The third-order valence-electron chi connectivity index (χ3n) is 4.40. The molecule has 9 heteroatoms. The van der Waals surface area contributed by atoms with E-state index in [4.69, 9.17) is 0 Å². The molecule has 0 unspecified atom stereocenters. The fourth-order valence-electron chi connectivity index (χ4n) is 3.12. The highest BCUT2D eigenvalue weighted by molar-refractivity contribution is 7.92. The highest BCUT2D eigenvalue weighted by Gasteiger charge is 2.16. The van der Waals surface area contributed by atoms with Crippen LogP contribution >= 0.6 is 0 Å². The Morgan fingerprint density at radius 1 is 1.07 bits per heavy atom. The van der Waals surface area contributed by atoms with Crippen LogP contribution in [0.15, 0.2) is 73.1 Å². The molecule has 0 saturated heterocycles. The number of hydrogen-bond acceptors (Lipinski definition) is 5. The molecule has 0 bridgehead atoms. The summed E-state index contributed by atoms with van der Waals surface area (Å²) in [5, 5.41) is 7.18. The topological polar surface area (TPSA) is 105 Å².